The Morgan fingerprint density at radius 2 is 1.92 bits per heavy atom. The number of hydrogen-bond acceptors (Lipinski definition) is 3. The summed E-state index contributed by atoms with van der Waals surface area (Å²) in [5, 5.41) is 3.36. The first-order valence-corrected chi connectivity index (χ1v) is 8.88. The molecule has 0 radical (unpaired) electrons. The van der Waals surface area contributed by atoms with E-state index in [-0.39, 0.29) is 19.1 Å². The molecule has 0 unspecified atom stereocenters. The summed E-state index contributed by atoms with van der Waals surface area (Å²) in [5.41, 5.74) is 1.86. The Morgan fingerprint density at radius 3 is 2.58 bits per heavy atom. The number of halogens is 2. The summed E-state index contributed by atoms with van der Waals surface area (Å²) >= 11 is 11.8. The van der Waals surface area contributed by atoms with Crippen LogP contribution >= 0.6 is 23.2 Å². The van der Waals surface area contributed by atoms with Crippen LogP contribution in [-0.4, -0.2) is 31.5 Å². The molecular formula is C19H20Cl2N2O3. The molecule has 26 heavy (non-hydrogen) atoms. The number of hydrogen-bond donors (Lipinski definition) is 1. The number of nitrogens with one attached hydrogen (secondary N) is 1. The summed E-state index contributed by atoms with van der Waals surface area (Å²) in [7, 11) is 0. The minimum absolute atomic E-state index is 0.113. The molecule has 0 aliphatic carbocycles. The van der Waals surface area contributed by atoms with Gasteiger partial charge in [-0.3, -0.25) is 9.59 Å². The van der Waals surface area contributed by atoms with Crippen LogP contribution in [0.1, 0.15) is 12.5 Å². The zero-order valence-electron chi connectivity index (χ0n) is 14.6. The Hall–Kier alpha value is -2.24. The van der Waals surface area contributed by atoms with Gasteiger partial charge in [-0.15, -0.1) is 0 Å². The molecule has 0 saturated carbocycles. The molecule has 2 rings (SSSR count). The van der Waals surface area contributed by atoms with Crippen LogP contribution in [0.5, 0.6) is 5.75 Å². The highest BCUT2D eigenvalue weighted by atomic mass is 35.5. The van der Waals surface area contributed by atoms with Crippen molar-refractivity contribution in [2.45, 2.75) is 13.8 Å². The lowest BCUT2D eigenvalue weighted by atomic mass is 10.2. The lowest BCUT2D eigenvalue weighted by molar-refractivity contribution is -0.126. The second-order valence-corrected chi connectivity index (χ2v) is 6.46. The average Bonchev–Trinajstić information content (AvgIpc) is 2.60. The number of ether oxygens (including phenoxy) is 1. The van der Waals surface area contributed by atoms with Crippen molar-refractivity contribution in [2.75, 3.05) is 24.6 Å². The van der Waals surface area contributed by atoms with Crippen LogP contribution in [0.15, 0.2) is 42.5 Å². The molecule has 0 heterocycles. The lowest BCUT2D eigenvalue weighted by Crippen LogP contribution is -2.41. The quantitative estimate of drug-likeness (QED) is 0.775. The van der Waals surface area contributed by atoms with Crippen molar-refractivity contribution >= 4 is 40.7 Å². The molecule has 0 bridgehead atoms. The zero-order valence-corrected chi connectivity index (χ0v) is 16.1. The van der Waals surface area contributed by atoms with E-state index in [1.54, 1.807) is 17.0 Å². The Bertz CT molecular complexity index is 796. The largest absolute Gasteiger partial charge is 0.482 e. The van der Waals surface area contributed by atoms with Gasteiger partial charge in [0.2, 0.25) is 5.91 Å². The van der Waals surface area contributed by atoms with E-state index in [0.717, 1.165) is 11.3 Å². The molecule has 138 valence electrons. The maximum Gasteiger partial charge on any atom is 0.258 e. The Kier molecular flexibility index (Phi) is 7.30. The molecule has 0 aliphatic rings. The summed E-state index contributed by atoms with van der Waals surface area (Å²) in [4.78, 5) is 25.9. The molecule has 0 fully saturated rings. The summed E-state index contributed by atoms with van der Waals surface area (Å²) in [5.74, 6) is -0.256. The van der Waals surface area contributed by atoms with Crippen molar-refractivity contribution in [3.63, 3.8) is 0 Å². The van der Waals surface area contributed by atoms with Crippen LogP contribution in [0.3, 0.4) is 0 Å². The van der Waals surface area contributed by atoms with Crippen molar-refractivity contribution in [1.82, 2.24) is 5.32 Å². The number of rotatable bonds is 7. The van der Waals surface area contributed by atoms with Gasteiger partial charge in [0.15, 0.2) is 6.61 Å². The van der Waals surface area contributed by atoms with Gasteiger partial charge in [-0.05, 0) is 49.7 Å². The molecule has 0 aliphatic heterocycles. The second kappa shape index (κ2) is 9.46. The standard InChI is InChI=1S/C19H20Cl2N2O3/c1-3-23(15-6-4-5-13(2)9-15)19(25)11-22-18(24)12-26-17-8-7-14(20)10-16(17)21/h4-10H,3,11-12H2,1-2H3,(H,22,24). The fourth-order valence-corrected chi connectivity index (χ4v) is 2.82. The molecule has 0 spiro atoms. The third-order valence-electron chi connectivity index (χ3n) is 3.62. The van der Waals surface area contributed by atoms with Gasteiger partial charge in [0.1, 0.15) is 5.75 Å². The predicted octanol–water partition coefficient (Wildman–Crippen LogP) is 3.85. The topological polar surface area (TPSA) is 58.6 Å². The van der Waals surface area contributed by atoms with E-state index in [9.17, 15) is 9.59 Å². The number of likely N-dealkylation sites (N-methyl/N-ethyl adjacent to an activating group) is 1. The average molecular weight is 395 g/mol. The summed E-state index contributed by atoms with van der Waals surface area (Å²) in [6, 6.07) is 12.4. The Balaban J connectivity index is 1.86. The first kappa shape index (κ1) is 20.1. The number of benzene rings is 2. The molecule has 0 saturated heterocycles. The lowest BCUT2D eigenvalue weighted by Gasteiger charge is -2.21. The highest BCUT2D eigenvalue weighted by molar-refractivity contribution is 6.35. The number of carbonyl (C=O) groups excluding carboxylic acids is 2. The van der Waals surface area contributed by atoms with Crippen LogP contribution in [-0.2, 0) is 9.59 Å². The van der Waals surface area contributed by atoms with Crippen LogP contribution < -0.4 is 15.0 Å². The van der Waals surface area contributed by atoms with E-state index >= 15 is 0 Å². The summed E-state index contributed by atoms with van der Waals surface area (Å²) in [6.45, 7) is 4.00. The maximum atomic E-state index is 12.4. The molecule has 2 aromatic rings. The monoisotopic (exact) mass is 394 g/mol. The molecule has 0 aromatic heterocycles. The normalized spacial score (nSPS) is 10.3. The minimum Gasteiger partial charge on any atom is -0.482 e. The van der Waals surface area contributed by atoms with Gasteiger partial charge >= 0.3 is 0 Å². The summed E-state index contributed by atoms with van der Waals surface area (Å²) < 4.78 is 5.35. The van der Waals surface area contributed by atoms with Gasteiger partial charge in [0.05, 0.1) is 11.6 Å². The van der Waals surface area contributed by atoms with Crippen molar-refractivity contribution < 1.29 is 14.3 Å². The van der Waals surface area contributed by atoms with Gasteiger partial charge in [-0.2, -0.15) is 0 Å². The number of aryl methyl sites for hydroxylation is 1. The van der Waals surface area contributed by atoms with Gasteiger partial charge in [-0.25, -0.2) is 0 Å². The van der Waals surface area contributed by atoms with Crippen molar-refractivity contribution in [3.05, 3.63) is 58.1 Å². The number of nitrogens with zero attached hydrogens (tertiary/aromatic N) is 1. The van der Waals surface area contributed by atoms with Crippen LogP contribution in [0, 0.1) is 6.92 Å². The predicted molar refractivity (Wildman–Crippen MR) is 104 cm³/mol. The first-order valence-electron chi connectivity index (χ1n) is 8.12. The second-order valence-electron chi connectivity index (χ2n) is 5.62. The molecule has 5 nitrogen and oxygen atoms in total. The van der Waals surface area contributed by atoms with Crippen molar-refractivity contribution in [2.24, 2.45) is 0 Å². The minimum atomic E-state index is -0.412. The fraction of sp³-hybridized carbons (Fsp3) is 0.263. The van der Waals surface area contributed by atoms with Crippen LogP contribution in [0.4, 0.5) is 5.69 Å². The van der Waals surface area contributed by atoms with Gasteiger partial charge in [0, 0.05) is 17.3 Å². The van der Waals surface area contributed by atoms with E-state index in [4.69, 9.17) is 27.9 Å². The van der Waals surface area contributed by atoms with E-state index in [1.165, 1.54) is 6.07 Å². The van der Waals surface area contributed by atoms with Crippen molar-refractivity contribution in [1.29, 1.82) is 0 Å². The number of amides is 2. The first-order chi connectivity index (χ1) is 12.4. The van der Waals surface area contributed by atoms with E-state index in [1.807, 2.05) is 38.1 Å². The molecular weight excluding hydrogens is 375 g/mol. The molecule has 2 amide bonds. The number of carbonyl (C=O) groups is 2. The summed E-state index contributed by atoms with van der Waals surface area (Å²) in [6.07, 6.45) is 0. The van der Waals surface area contributed by atoms with E-state index in [2.05, 4.69) is 5.32 Å². The molecule has 0 atom stereocenters. The van der Waals surface area contributed by atoms with Crippen LogP contribution in [0.2, 0.25) is 10.0 Å². The molecule has 7 heteroatoms. The van der Waals surface area contributed by atoms with Crippen LogP contribution in [0.25, 0.3) is 0 Å². The smallest absolute Gasteiger partial charge is 0.258 e. The van der Waals surface area contributed by atoms with E-state index in [0.29, 0.717) is 22.3 Å². The SMILES string of the molecule is CCN(C(=O)CNC(=O)COc1ccc(Cl)cc1Cl)c1cccc(C)c1. The highest BCUT2D eigenvalue weighted by Crippen LogP contribution is 2.27. The van der Waals surface area contributed by atoms with Gasteiger partial charge < -0.3 is 15.0 Å². The maximum absolute atomic E-state index is 12.4. The molecule has 1 N–H and O–H groups in total. The third-order valence-corrected chi connectivity index (χ3v) is 4.15. The Morgan fingerprint density at radius 1 is 1.15 bits per heavy atom. The fourth-order valence-electron chi connectivity index (χ4n) is 2.36. The highest BCUT2D eigenvalue weighted by Gasteiger charge is 2.15. The zero-order chi connectivity index (χ0) is 19.1. The van der Waals surface area contributed by atoms with E-state index < -0.39 is 5.91 Å². The van der Waals surface area contributed by atoms with Gasteiger partial charge in [-0.1, -0.05) is 35.3 Å². The van der Waals surface area contributed by atoms with Gasteiger partial charge in [0.25, 0.3) is 5.91 Å². The Labute approximate surface area is 162 Å². The molecule has 2 aromatic carbocycles. The third kappa shape index (κ3) is 5.64. The van der Waals surface area contributed by atoms with Crippen molar-refractivity contribution in [3.8, 4) is 5.75 Å². The number of anilines is 1.